The molecule has 0 radical (unpaired) electrons. The van der Waals surface area contributed by atoms with Crippen LogP contribution in [-0.4, -0.2) is 36.7 Å². The van der Waals surface area contributed by atoms with Crippen LogP contribution in [-0.2, 0) is 0 Å². The molecule has 0 aliphatic rings. The van der Waals surface area contributed by atoms with E-state index in [0.717, 1.165) is 4.32 Å². The van der Waals surface area contributed by atoms with Gasteiger partial charge in [0.05, 0.1) is 0 Å². The molecule has 6 heteroatoms. The molecule has 68 valence electrons. The highest BCUT2D eigenvalue weighted by atomic mass is 32.2. The Morgan fingerprint density at radius 1 is 1.55 bits per heavy atom. The lowest BCUT2D eigenvalue weighted by Gasteiger charge is -2.15. The number of nitrogens with two attached hydrogens (primary N) is 1. The van der Waals surface area contributed by atoms with Crippen molar-refractivity contribution in [2.45, 2.75) is 0 Å². The number of hydrazine groups is 2. The highest BCUT2D eigenvalue weighted by Gasteiger charge is 1.95. The summed E-state index contributed by atoms with van der Waals surface area (Å²) in [6.07, 6.45) is 1.95. The van der Waals surface area contributed by atoms with E-state index in [4.69, 9.17) is 12.2 Å². The van der Waals surface area contributed by atoms with Crippen LogP contribution in [0.2, 0.25) is 0 Å². The minimum absolute atomic E-state index is 0.854. The molecule has 0 rings (SSSR count). The first-order chi connectivity index (χ1) is 5.13. The SMILES string of the molecule is CNN.CNN(C)C(=S)SC. The van der Waals surface area contributed by atoms with Gasteiger partial charge in [-0.1, -0.05) is 24.0 Å². The quantitative estimate of drug-likeness (QED) is 0.306. The van der Waals surface area contributed by atoms with Gasteiger partial charge in [-0.2, -0.15) is 0 Å². The topological polar surface area (TPSA) is 53.3 Å². The monoisotopic (exact) mass is 196 g/mol. The Bertz CT molecular complexity index is 98.5. The maximum atomic E-state index is 4.90. The van der Waals surface area contributed by atoms with Crippen LogP contribution in [0.5, 0.6) is 0 Å². The minimum Gasteiger partial charge on any atom is -0.297 e. The Morgan fingerprint density at radius 3 is 2.00 bits per heavy atom. The second-order valence-corrected chi connectivity index (χ2v) is 2.98. The fourth-order valence-corrected chi connectivity index (χ4v) is 0.685. The molecule has 0 spiro atoms. The second kappa shape index (κ2) is 10.1. The first kappa shape index (κ1) is 13.7. The third-order valence-corrected chi connectivity index (χ3v) is 2.18. The van der Waals surface area contributed by atoms with Crippen LogP contribution < -0.4 is 16.7 Å². The van der Waals surface area contributed by atoms with E-state index in [1.807, 2.05) is 20.4 Å². The van der Waals surface area contributed by atoms with Crippen molar-refractivity contribution in [2.24, 2.45) is 5.84 Å². The molecule has 0 aromatic carbocycles. The van der Waals surface area contributed by atoms with Gasteiger partial charge in [0.2, 0.25) is 0 Å². The molecule has 0 saturated heterocycles. The molecule has 0 aromatic rings. The van der Waals surface area contributed by atoms with E-state index in [1.165, 1.54) is 0 Å². The predicted molar refractivity (Wildman–Crippen MR) is 56.2 cm³/mol. The van der Waals surface area contributed by atoms with Gasteiger partial charge in [-0.25, -0.2) is 5.43 Å². The van der Waals surface area contributed by atoms with Crippen LogP contribution in [0, 0.1) is 0 Å². The lowest BCUT2D eigenvalue weighted by atomic mass is 11.1. The Morgan fingerprint density at radius 2 is 1.91 bits per heavy atom. The molecule has 0 unspecified atom stereocenters. The van der Waals surface area contributed by atoms with Crippen LogP contribution in [0.25, 0.3) is 0 Å². The van der Waals surface area contributed by atoms with E-state index in [9.17, 15) is 0 Å². The summed E-state index contributed by atoms with van der Waals surface area (Å²) in [4.78, 5) is 0. The molecule has 0 aromatic heterocycles. The van der Waals surface area contributed by atoms with Gasteiger partial charge in [0.1, 0.15) is 4.32 Å². The zero-order valence-corrected chi connectivity index (χ0v) is 8.97. The third-order valence-electron chi connectivity index (χ3n) is 0.784. The highest BCUT2D eigenvalue weighted by molar-refractivity contribution is 8.22. The summed E-state index contributed by atoms with van der Waals surface area (Å²) in [5.74, 6) is 4.60. The number of nitrogens with one attached hydrogen (secondary N) is 2. The van der Waals surface area contributed by atoms with Crippen LogP contribution in [0.3, 0.4) is 0 Å². The molecule has 0 saturated carbocycles. The van der Waals surface area contributed by atoms with Gasteiger partial charge in [0, 0.05) is 14.1 Å². The van der Waals surface area contributed by atoms with Gasteiger partial charge < -0.3 is 0 Å². The zero-order valence-electron chi connectivity index (χ0n) is 7.34. The van der Waals surface area contributed by atoms with Crippen LogP contribution >= 0.6 is 24.0 Å². The molecule has 0 heterocycles. The van der Waals surface area contributed by atoms with Crippen molar-refractivity contribution in [3.8, 4) is 0 Å². The predicted octanol–water partition coefficient (Wildman–Crippen LogP) is -0.220. The van der Waals surface area contributed by atoms with E-state index < -0.39 is 0 Å². The minimum atomic E-state index is 0.854. The average molecular weight is 196 g/mol. The Labute approximate surface area is 77.8 Å². The van der Waals surface area contributed by atoms with Gasteiger partial charge in [-0.15, -0.1) is 0 Å². The first-order valence-electron chi connectivity index (χ1n) is 3.00. The normalized spacial score (nSPS) is 8.09. The number of hydrogen-bond donors (Lipinski definition) is 3. The highest BCUT2D eigenvalue weighted by Crippen LogP contribution is 1.98. The summed E-state index contributed by atoms with van der Waals surface area (Å²) in [5.41, 5.74) is 5.14. The van der Waals surface area contributed by atoms with Gasteiger partial charge >= 0.3 is 0 Å². The maximum Gasteiger partial charge on any atom is 0.150 e. The van der Waals surface area contributed by atoms with Gasteiger partial charge in [-0.05, 0) is 13.3 Å². The van der Waals surface area contributed by atoms with Gasteiger partial charge in [-0.3, -0.25) is 16.3 Å². The first-order valence-corrected chi connectivity index (χ1v) is 4.63. The molecule has 0 fully saturated rings. The molecule has 0 aliphatic heterocycles. The van der Waals surface area contributed by atoms with Crippen molar-refractivity contribution in [3.05, 3.63) is 0 Å². The number of thiocarbonyl (C=S) groups is 1. The molecule has 0 atom stereocenters. The lowest BCUT2D eigenvalue weighted by Crippen LogP contribution is -2.33. The molecule has 0 amide bonds. The van der Waals surface area contributed by atoms with E-state index in [1.54, 1.807) is 23.8 Å². The van der Waals surface area contributed by atoms with Crippen molar-refractivity contribution < 1.29 is 0 Å². The summed E-state index contributed by atoms with van der Waals surface area (Å²) in [7, 11) is 5.38. The smallest absolute Gasteiger partial charge is 0.150 e. The Hall–Kier alpha value is 0.120. The molecule has 4 nitrogen and oxygen atoms in total. The summed E-state index contributed by atoms with van der Waals surface area (Å²) in [6, 6.07) is 0. The van der Waals surface area contributed by atoms with Crippen LogP contribution in [0.1, 0.15) is 0 Å². The number of hydrogen-bond acceptors (Lipinski definition) is 5. The molecular formula is C5H16N4S2. The molecule has 4 N–H and O–H groups in total. The molecule has 11 heavy (non-hydrogen) atoms. The average Bonchev–Trinajstić information content (AvgIpc) is 2.03. The van der Waals surface area contributed by atoms with Crippen molar-refractivity contribution in [1.29, 1.82) is 0 Å². The van der Waals surface area contributed by atoms with Crippen LogP contribution in [0.15, 0.2) is 0 Å². The number of rotatable bonds is 1. The standard InChI is InChI=1S/C4H10N2S2.CH6N2/c1-5-6(2)4(7)8-3;1-3-2/h5H,1-3H3;3H,2H2,1H3. The van der Waals surface area contributed by atoms with Crippen molar-refractivity contribution in [1.82, 2.24) is 15.9 Å². The summed E-state index contributed by atoms with van der Waals surface area (Å²) in [6.45, 7) is 0. The largest absolute Gasteiger partial charge is 0.297 e. The summed E-state index contributed by atoms with van der Waals surface area (Å²) < 4.78 is 0.854. The van der Waals surface area contributed by atoms with E-state index in [2.05, 4.69) is 16.7 Å². The van der Waals surface area contributed by atoms with Crippen LogP contribution in [0.4, 0.5) is 0 Å². The van der Waals surface area contributed by atoms with Gasteiger partial charge in [0.25, 0.3) is 0 Å². The number of thioether (sulfide) groups is 1. The zero-order chi connectivity index (χ0) is 9.28. The second-order valence-electron chi connectivity index (χ2n) is 1.54. The van der Waals surface area contributed by atoms with E-state index >= 15 is 0 Å². The molecule has 0 bridgehead atoms. The fraction of sp³-hybridized carbons (Fsp3) is 0.800. The van der Waals surface area contributed by atoms with E-state index in [0.29, 0.717) is 0 Å². The lowest BCUT2D eigenvalue weighted by molar-refractivity contribution is 0.424. The molecule has 0 aliphatic carbocycles. The fourth-order valence-electron chi connectivity index (χ4n) is 0.228. The molecular weight excluding hydrogens is 180 g/mol. The summed E-state index contributed by atoms with van der Waals surface area (Å²) >= 11 is 6.46. The van der Waals surface area contributed by atoms with Crippen molar-refractivity contribution in [3.63, 3.8) is 0 Å². The van der Waals surface area contributed by atoms with Gasteiger partial charge in [0.15, 0.2) is 0 Å². The maximum absolute atomic E-state index is 4.90. The Balaban J connectivity index is 0. The summed E-state index contributed by atoms with van der Waals surface area (Å²) in [5, 5.41) is 1.79. The Kier molecular flexibility index (Phi) is 12.6. The third kappa shape index (κ3) is 10.1. The van der Waals surface area contributed by atoms with E-state index in [-0.39, 0.29) is 0 Å². The number of nitrogens with zero attached hydrogens (tertiary/aromatic N) is 1. The van der Waals surface area contributed by atoms with Crippen molar-refractivity contribution >= 4 is 28.3 Å². The van der Waals surface area contributed by atoms with Crippen molar-refractivity contribution in [2.75, 3.05) is 27.4 Å².